The molecule has 1 aromatic carbocycles. The number of fused-ring (bicyclic) bond motifs is 1. The monoisotopic (exact) mass is 256 g/mol. The van der Waals surface area contributed by atoms with E-state index in [1.807, 2.05) is 24.3 Å². The van der Waals surface area contributed by atoms with Crippen molar-refractivity contribution in [2.75, 3.05) is 0 Å². The highest BCUT2D eigenvalue weighted by Gasteiger charge is 2.11. The van der Waals surface area contributed by atoms with Crippen LogP contribution < -0.4 is 0 Å². The van der Waals surface area contributed by atoms with Crippen molar-refractivity contribution in [3.63, 3.8) is 0 Å². The Morgan fingerprint density at radius 2 is 2.00 bits per heavy atom. The Morgan fingerprint density at radius 1 is 1.16 bits per heavy atom. The second-order valence-electron chi connectivity index (χ2n) is 4.71. The Bertz CT molecular complexity index is 534. The molecule has 1 N–H and O–H groups in total. The predicted octanol–water partition coefficient (Wildman–Crippen LogP) is 3.80. The average molecular weight is 256 g/mol. The van der Waals surface area contributed by atoms with Gasteiger partial charge in [-0.2, -0.15) is 0 Å². The van der Waals surface area contributed by atoms with Crippen LogP contribution in [0.3, 0.4) is 0 Å². The molecule has 1 aromatic heterocycles. The molecule has 3 nitrogen and oxygen atoms in total. The molecule has 1 heterocycles. The number of rotatable bonds is 7. The Kier molecular flexibility index (Phi) is 5.04. The summed E-state index contributed by atoms with van der Waals surface area (Å²) in [7, 11) is 0. The highest BCUT2D eigenvalue weighted by atomic mass is 16.3. The minimum absolute atomic E-state index is 0.455. The van der Waals surface area contributed by atoms with Gasteiger partial charge in [0.2, 0.25) is 0 Å². The summed E-state index contributed by atoms with van der Waals surface area (Å²) >= 11 is 0. The zero-order valence-electron chi connectivity index (χ0n) is 11.1. The number of nitrogens with zero attached hydrogens (tertiary/aromatic N) is 2. The fraction of sp³-hybridized carbons (Fsp3) is 0.375. The number of aromatic nitrogens is 2. The summed E-state index contributed by atoms with van der Waals surface area (Å²) in [4.78, 5) is 8.58. The summed E-state index contributed by atoms with van der Waals surface area (Å²) in [5, 5.41) is 10.3. The highest BCUT2D eigenvalue weighted by Crippen LogP contribution is 2.25. The average Bonchev–Trinajstić information content (AvgIpc) is 2.46. The molecule has 0 aliphatic rings. The van der Waals surface area contributed by atoms with E-state index in [0.29, 0.717) is 0 Å². The predicted molar refractivity (Wildman–Crippen MR) is 77.8 cm³/mol. The Morgan fingerprint density at radius 3 is 2.84 bits per heavy atom. The molecule has 0 aliphatic carbocycles. The second-order valence-corrected chi connectivity index (χ2v) is 4.71. The Labute approximate surface area is 114 Å². The molecule has 3 heteroatoms. The molecule has 0 aliphatic heterocycles. The topological polar surface area (TPSA) is 46.0 Å². The summed E-state index contributed by atoms with van der Waals surface area (Å²) in [6, 6.07) is 5.78. The first kappa shape index (κ1) is 13.7. The fourth-order valence-corrected chi connectivity index (χ4v) is 2.24. The van der Waals surface area contributed by atoms with Gasteiger partial charge < -0.3 is 5.11 Å². The Balaban J connectivity index is 2.01. The van der Waals surface area contributed by atoms with Gasteiger partial charge >= 0.3 is 0 Å². The van der Waals surface area contributed by atoms with E-state index in [2.05, 4.69) is 16.5 Å². The van der Waals surface area contributed by atoms with Crippen molar-refractivity contribution in [3.8, 4) is 0 Å². The number of benzene rings is 1. The molecule has 0 bridgehead atoms. The first-order valence-corrected chi connectivity index (χ1v) is 6.81. The van der Waals surface area contributed by atoms with Crippen LogP contribution in [0.4, 0.5) is 0 Å². The highest BCUT2D eigenvalue weighted by molar-refractivity contribution is 5.77. The molecule has 2 aromatic rings. The van der Waals surface area contributed by atoms with Crippen LogP contribution in [0.2, 0.25) is 0 Å². The van der Waals surface area contributed by atoms with Crippen LogP contribution in [0.1, 0.15) is 43.8 Å². The molecule has 1 unspecified atom stereocenters. The number of allylic oxidation sites excluding steroid dienone is 1. The molecule has 0 fully saturated rings. The van der Waals surface area contributed by atoms with Crippen LogP contribution in [0.5, 0.6) is 0 Å². The summed E-state index contributed by atoms with van der Waals surface area (Å²) in [6.45, 7) is 3.71. The lowest BCUT2D eigenvalue weighted by Crippen LogP contribution is -2.00. The van der Waals surface area contributed by atoms with Gasteiger partial charge in [-0.25, -0.2) is 0 Å². The lowest BCUT2D eigenvalue weighted by atomic mass is 10.0. The van der Waals surface area contributed by atoms with Crippen molar-refractivity contribution in [2.24, 2.45) is 0 Å². The first-order valence-electron chi connectivity index (χ1n) is 6.81. The van der Waals surface area contributed by atoms with Gasteiger partial charge in [0.15, 0.2) is 0 Å². The zero-order chi connectivity index (χ0) is 13.5. The van der Waals surface area contributed by atoms with Crippen molar-refractivity contribution in [3.05, 3.63) is 48.8 Å². The molecule has 2 rings (SSSR count). The molecular weight excluding hydrogens is 236 g/mol. The standard InChI is InChI=1S/C16H20N2O/c1-2-3-4-5-6-10-15(19)13-8-7-9-14-16(13)18-12-11-17-14/h2,7-9,11-12,15,19H,1,3-6,10H2. The lowest BCUT2D eigenvalue weighted by molar-refractivity contribution is 0.165. The van der Waals surface area contributed by atoms with Crippen LogP contribution in [-0.2, 0) is 0 Å². The maximum Gasteiger partial charge on any atom is 0.0944 e. The van der Waals surface area contributed by atoms with E-state index in [9.17, 15) is 5.11 Å². The molecule has 0 spiro atoms. The van der Waals surface area contributed by atoms with E-state index >= 15 is 0 Å². The van der Waals surface area contributed by atoms with Crippen molar-refractivity contribution in [1.29, 1.82) is 0 Å². The molecule has 100 valence electrons. The van der Waals surface area contributed by atoms with E-state index in [1.54, 1.807) is 12.4 Å². The van der Waals surface area contributed by atoms with Crippen molar-refractivity contribution in [1.82, 2.24) is 9.97 Å². The number of aliphatic hydroxyl groups excluding tert-OH is 1. The quantitative estimate of drug-likeness (QED) is 0.605. The summed E-state index contributed by atoms with van der Waals surface area (Å²) in [5.74, 6) is 0. The van der Waals surface area contributed by atoms with Crippen LogP contribution >= 0.6 is 0 Å². The molecule has 0 saturated heterocycles. The third kappa shape index (κ3) is 3.61. The fourth-order valence-electron chi connectivity index (χ4n) is 2.24. The van der Waals surface area contributed by atoms with Gasteiger partial charge in [0.1, 0.15) is 0 Å². The lowest BCUT2D eigenvalue weighted by Gasteiger charge is -2.12. The summed E-state index contributed by atoms with van der Waals surface area (Å²) < 4.78 is 0. The van der Waals surface area contributed by atoms with Crippen LogP contribution in [0.25, 0.3) is 11.0 Å². The van der Waals surface area contributed by atoms with Gasteiger partial charge in [-0.3, -0.25) is 9.97 Å². The smallest absolute Gasteiger partial charge is 0.0944 e. The molecule has 19 heavy (non-hydrogen) atoms. The third-order valence-corrected chi connectivity index (χ3v) is 3.27. The van der Waals surface area contributed by atoms with E-state index < -0.39 is 6.10 Å². The molecule has 1 atom stereocenters. The molecule has 0 saturated carbocycles. The van der Waals surface area contributed by atoms with Crippen molar-refractivity contribution < 1.29 is 5.11 Å². The van der Waals surface area contributed by atoms with Crippen molar-refractivity contribution >= 4 is 11.0 Å². The maximum absolute atomic E-state index is 10.3. The van der Waals surface area contributed by atoms with Crippen LogP contribution in [0, 0.1) is 0 Å². The normalized spacial score (nSPS) is 12.5. The van der Waals surface area contributed by atoms with Crippen LogP contribution in [-0.4, -0.2) is 15.1 Å². The van der Waals surface area contributed by atoms with Gasteiger partial charge in [0.25, 0.3) is 0 Å². The Hall–Kier alpha value is -1.74. The molecular formula is C16H20N2O. The number of aliphatic hydroxyl groups is 1. The van der Waals surface area contributed by atoms with Gasteiger partial charge in [-0.15, -0.1) is 6.58 Å². The number of hydrogen-bond acceptors (Lipinski definition) is 3. The SMILES string of the molecule is C=CCCCCCC(O)c1cccc2nccnc12. The van der Waals surface area contributed by atoms with Gasteiger partial charge in [0.05, 0.1) is 17.1 Å². The molecule has 0 radical (unpaired) electrons. The van der Waals surface area contributed by atoms with E-state index in [0.717, 1.165) is 48.7 Å². The largest absolute Gasteiger partial charge is 0.388 e. The van der Waals surface area contributed by atoms with E-state index in [4.69, 9.17) is 0 Å². The minimum atomic E-state index is -0.455. The van der Waals surface area contributed by atoms with Crippen molar-refractivity contribution in [2.45, 2.75) is 38.2 Å². The number of unbranched alkanes of at least 4 members (excludes halogenated alkanes) is 3. The van der Waals surface area contributed by atoms with E-state index in [-0.39, 0.29) is 0 Å². The minimum Gasteiger partial charge on any atom is -0.388 e. The zero-order valence-corrected chi connectivity index (χ0v) is 11.1. The van der Waals surface area contributed by atoms with Gasteiger partial charge in [-0.1, -0.05) is 31.1 Å². The number of hydrogen-bond donors (Lipinski definition) is 1. The van der Waals surface area contributed by atoms with Crippen LogP contribution in [0.15, 0.2) is 43.2 Å². The van der Waals surface area contributed by atoms with Gasteiger partial charge in [-0.05, 0) is 25.3 Å². The van der Waals surface area contributed by atoms with E-state index in [1.165, 1.54) is 0 Å². The maximum atomic E-state index is 10.3. The van der Waals surface area contributed by atoms with Gasteiger partial charge in [0, 0.05) is 18.0 Å². The second kappa shape index (κ2) is 7.00. The summed E-state index contributed by atoms with van der Waals surface area (Å²) in [5.41, 5.74) is 2.53. The first-order chi connectivity index (χ1) is 9.33. The summed E-state index contributed by atoms with van der Waals surface area (Å²) in [6.07, 6.45) is 9.94. The number of para-hydroxylation sites is 1. The third-order valence-electron chi connectivity index (χ3n) is 3.27. The molecule has 0 amide bonds.